The maximum absolute atomic E-state index is 14.1. The number of nitrogens with two attached hydrogens (primary N) is 1. The third-order valence-electron chi connectivity index (χ3n) is 14.0. The fraction of sp³-hybridized carbons (Fsp3) is 0.875. The Morgan fingerprint density at radius 2 is 1.56 bits per heavy atom. The van der Waals surface area contributed by atoms with Gasteiger partial charge in [0.1, 0.15) is 36.3 Å². The molecule has 0 saturated carbocycles. The molecule has 0 amide bonds. The number of ether oxygens (including phenoxy) is 9. The first-order valence-corrected chi connectivity index (χ1v) is 20.2. The third kappa shape index (κ3) is 6.59. The summed E-state index contributed by atoms with van der Waals surface area (Å²) in [5.41, 5.74) is 8.01. The Hall–Kier alpha value is -1.29. The number of fused-ring (bicyclic) bond motifs is 6. The highest BCUT2D eigenvalue weighted by Gasteiger charge is 2.68. The lowest BCUT2D eigenvalue weighted by Gasteiger charge is -2.47. The number of carbonyl (C=O) groups is 1. The molecule has 10 aliphatic rings. The standard InChI is InChI=1S/C40H59NO11/c1-19-11-24-5-7-28-20(2)12-26(45-28)9-10-40-17-33-36(51-40)37-38(50-33)39(52-40)35-29(49-37)8-6-25(47-35)13-22(42)14-27-31(16-30(46-24)21(19)3)48-32(34(27)44-4)15-23(43)18-41/h19,23-39,43H,2-3,5-18,41H2,1,4H3/t19-,23+,24+,25-,26+,27+,28+,29+,30-,31+,32-,33-,34-,35+,36?,37?,38?,39+,40+/m1/s1. The van der Waals surface area contributed by atoms with Crippen molar-refractivity contribution in [2.24, 2.45) is 17.6 Å². The summed E-state index contributed by atoms with van der Waals surface area (Å²) < 4.78 is 60.0. The van der Waals surface area contributed by atoms with Crippen LogP contribution in [-0.2, 0) is 47.4 Å². The van der Waals surface area contributed by atoms with Crippen LogP contribution in [0.1, 0.15) is 90.4 Å². The Kier molecular flexibility index (Phi) is 10.0. The predicted molar refractivity (Wildman–Crippen MR) is 186 cm³/mol. The van der Waals surface area contributed by atoms with E-state index >= 15 is 0 Å². The van der Waals surface area contributed by atoms with E-state index in [4.69, 9.17) is 48.4 Å². The minimum absolute atomic E-state index is 0.0158. The second kappa shape index (κ2) is 14.3. The SMILES string of the molecule is C=C1C[C@@H]2CC[C@@]34C[C@H]5OC6C(O[C@H]7CC[C@H](CC(=O)C[C@@H]8[C@@H](OC)[C@@H](C[C@H](O)CN)O[C@H]8C[C@H]8O[C@@H](CC[C@@H]1O2)C[C@@H](C)C8=C)O[C@@H]7[C@@H]6O3)C5O4. The van der Waals surface area contributed by atoms with Crippen molar-refractivity contribution in [2.45, 2.75) is 194 Å². The van der Waals surface area contributed by atoms with E-state index in [1.54, 1.807) is 7.11 Å². The zero-order chi connectivity index (χ0) is 35.9. The summed E-state index contributed by atoms with van der Waals surface area (Å²) in [6.07, 6.45) is 4.85. The van der Waals surface area contributed by atoms with E-state index in [2.05, 4.69) is 20.1 Å². The first-order valence-electron chi connectivity index (χ1n) is 20.2. The maximum Gasteiger partial charge on any atom is 0.172 e. The Balaban J connectivity index is 0.994. The van der Waals surface area contributed by atoms with E-state index < -0.39 is 18.0 Å². The first-order chi connectivity index (χ1) is 25.1. The molecule has 10 heterocycles. The van der Waals surface area contributed by atoms with E-state index in [1.807, 2.05) is 0 Å². The number of hydrogen-bond acceptors (Lipinski definition) is 12. The van der Waals surface area contributed by atoms with Crippen molar-refractivity contribution in [3.63, 3.8) is 0 Å². The van der Waals surface area contributed by atoms with Gasteiger partial charge in [0.05, 0.1) is 67.1 Å². The minimum atomic E-state index is -0.780. The molecule has 19 atom stereocenters. The summed E-state index contributed by atoms with van der Waals surface area (Å²) in [5, 5.41) is 10.5. The lowest BCUT2D eigenvalue weighted by atomic mass is 9.81. The van der Waals surface area contributed by atoms with Crippen LogP contribution in [0.15, 0.2) is 24.3 Å². The Bertz CT molecular complexity index is 1380. The lowest BCUT2D eigenvalue weighted by molar-refractivity contribution is -0.292. The van der Waals surface area contributed by atoms with E-state index in [0.717, 1.165) is 56.1 Å². The molecule has 10 saturated heterocycles. The highest BCUT2D eigenvalue weighted by Crippen LogP contribution is 2.54. The second-order valence-electron chi connectivity index (χ2n) is 17.4. The van der Waals surface area contributed by atoms with Crippen LogP contribution in [-0.4, -0.2) is 128 Å². The van der Waals surface area contributed by atoms with Gasteiger partial charge in [0.2, 0.25) is 0 Å². The molecule has 10 aliphatic heterocycles. The minimum Gasteiger partial charge on any atom is -0.392 e. The van der Waals surface area contributed by atoms with Crippen LogP contribution >= 0.6 is 0 Å². The quantitative estimate of drug-likeness (QED) is 0.409. The average molecular weight is 730 g/mol. The zero-order valence-corrected chi connectivity index (χ0v) is 30.8. The van der Waals surface area contributed by atoms with E-state index in [1.165, 1.54) is 0 Å². The second-order valence-corrected chi connectivity index (χ2v) is 17.4. The number of aliphatic hydroxyl groups is 1. The molecule has 0 aromatic heterocycles. The van der Waals surface area contributed by atoms with Gasteiger partial charge in [0.25, 0.3) is 0 Å². The van der Waals surface area contributed by atoms with Gasteiger partial charge in [0.15, 0.2) is 5.79 Å². The monoisotopic (exact) mass is 729 g/mol. The number of methoxy groups -OCH3 is 1. The molecular weight excluding hydrogens is 670 g/mol. The van der Waals surface area contributed by atoms with Crippen LogP contribution in [0, 0.1) is 11.8 Å². The van der Waals surface area contributed by atoms with Gasteiger partial charge in [0, 0.05) is 58.1 Å². The van der Waals surface area contributed by atoms with E-state index in [-0.39, 0.29) is 122 Å². The fourth-order valence-electron chi connectivity index (χ4n) is 11.3. The van der Waals surface area contributed by atoms with Gasteiger partial charge in [-0.25, -0.2) is 0 Å². The molecule has 1 spiro atoms. The molecule has 3 N–H and O–H groups in total. The molecule has 12 nitrogen and oxygen atoms in total. The van der Waals surface area contributed by atoms with Crippen molar-refractivity contribution in [3.8, 4) is 0 Å². The summed E-state index contributed by atoms with van der Waals surface area (Å²) in [4.78, 5) is 14.1. The predicted octanol–water partition coefficient (Wildman–Crippen LogP) is 3.44. The van der Waals surface area contributed by atoms with Crippen molar-refractivity contribution in [2.75, 3.05) is 13.7 Å². The van der Waals surface area contributed by atoms with Gasteiger partial charge in [-0.3, -0.25) is 4.79 Å². The summed E-state index contributed by atoms with van der Waals surface area (Å²) in [6.45, 7) is 11.3. The topological polar surface area (TPSA) is 146 Å². The van der Waals surface area contributed by atoms with Gasteiger partial charge < -0.3 is 53.5 Å². The molecule has 0 radical (unpaired) electrons. The zero-order valence-electron chi connectivity index (χ0n) is 30.8. The molecule has 12 heteroatoms. The highest BCUT2D eigenvalue weighted by atomic mass is 16.8. The van der Waals surface area contributed by atoms with Crippen LogP contribution in [0.5, 0.6) is 0 Å². The largest absolute Gasteiger partial charge is 0.392 e. The fourth-order valence-corrected chi connectivity index (χ4v) is 11.3. The molecule has 10 fully saturated rings. The third-order valence-corrected chi connectivity index (χ3v) is 14.0. The number of aliphatic hydroxyl groups excluding tert-OH is 1. The molecule has 3 unspecified atom stereocenters. The molecular formula is C40H59NO11. The molecule has 0 aromatic carbocycles. The Labute approximate surface area is 307 Å². The summed E-state index contributed by atoms with van der Waals surface area (Å²) in [7, 11) is 1.66. The lowest BCUT2D eigenvalue weighted by Crippen LogP contribution is -2.61. The normalized spacial score (nSPS) is 52.4. The smallest absolute Gasteiger partial charge is 0.172 e. The summed E-state index contributed by atoms with van der Waals surface area (Å²) >= 11 is 0. The number of carbonyl (C=O) groups excluding carboxylic acids is 1. The first kappa shape index (κ1) is 36.4. The maximum atomic E-state index is 14.1. The van der Waals surface area contributed by atoms with Gasteiger partial charge in [-0.05, 0) is 62.0 Å². The van der Waals surface area contributed by atoms with E-state index in [9.17, 15) is 9.90 Å². The molecule has 290 valence electrons. The summed E-state index contributed by atoms with van der Waals surface area (Å²) in [6, 6.07) is 0. The van der Waals surface area contributed by atoms with Crippen LogP contribution in [0.2, 0.25) is 0 Å². The van der Waals surface area contributed by atoms with Crippen LogP contribution in [0.3, 0.4) is 0 Å². The molecule has 0 aliphatic carbocycles. The Morgan fingerprint density at radius 1 is 0.808 bits per heavy atom. The molecule has 12 bridgehead atoms. The van der Waals surface area contributed by atoms with Crippen molar-refractivity contribution in [1.29, 1.82) is 0 Å². The molecule has 10 rings (SSSR count). The van der Waals surface area contributed by atoms with E-state index in [0.29, 0.717) is 25.7 Å². The van der Waals surface area contributed by atoms with Gasteiger partial charge in [-0.15, -0.1) is 0 Å². The van der Waals surface area contributed by atoms with Gasteiger partial charge >= 0.3 is 0 Å². The highest BCUT2D eigenvalue weighted by molar-refractivity contribution is 5.79. The van der Waals surface area contributed by atoms with Gasteiger partial charge in [-0.1, -0.05) is 20.1 Å². The van der Waals surface area contributed by atoms with Crippen LogP contribution in [0.25, 0.3) is 0 Å². The number of hydrogen-bond donors (Lipinski definition) is 2. The van der Waals surface area contributed by atoms with Crippen molar-refractivity contribution in [1.82, 2.24) is 0 Å². The van der Waals surface area contributed by atoms with Crippen LogP contribution < -0.4 is 5.73 Å². The number of Topliss-reactive ketones (excluding diaryl/α,β-unsaturated/α-hetero) is 1. The molecule has 52 heavy (non-hydrogen) atoms. The number of ketones is 1. The van der Waals surface area contributed by atoms with Gasteiger partial charge in [-0.2, -0.15) is 0 Å². The van der Waals surface area contributed by atoms with Crippen molar-refractivity contribution >= 4 is 5.78 Å². The summed E-state index contributed by atoms with van der Waals surface area (Å²) in [5.74, 6) is -0.619. The van der Waals surface area contributed by atoms with Crippen molar-refractivity contribution < 1.29 is 52.5 Å². The van der Waals surface area contributed by atoms with Crippen LogP contribution in [0.4, 0.5) is 0 Å². The number of rotatable bonds is 4. The molecule has 0 aromatic rings. The average Bonchev–Trinajstić information content (AvgIpc) is 3.79. The van der Waals surface area contributed by atoms with Crippen molar-refractivity contribution in [3.05, 3.63) is 24.3 Å². The Morgan fingerprint density at radius 3 is 2.38 bits per heavy atom.